The minimum atomic E-state index is -0.659. The van der Waals surface area contributed by atoms with Gasteiger partial charge < -0.3 is 14.8 Å². The van der Waals surface area contributed by atoms with Crippen LogP contribution in [0.2, 0.25) is 10.0 Å². The number of thiocarbonyl (C=S) groups is 1. The predicted molar refractivity (Wildman–Crippen MR) is 140 cm³/mol. The SMILES string of the molecule is CCOc1cc(/C=C2/SC(=S)N(NC(=O)Nc3ccc(Cl)c(Cl)c3)C2=O)cc(Br)c1OCC. The van der Waals surface area contributed by atoms with Gasteiger partial charge in [-0.2, -0.15) is 5.01 Å². The summed E-state index contributed by atoms with van der Waals surface area (Å²) in [5.41, 5.74) is 3.56. The summed E-state index contributed by atoms with van der Waals surface area (Å²) in [6.07, 6.45) is 1.67. The molecule has 0 saturated carbocycles. The third-order valence-electron chi connectivity index (χ3n) is 4.10. The number of ether oxygens (including phenoxy) is 2. The topological polar surface area (TPSA) is 79.9 Å². The van der Waals surface area contributed by atoms with E-state index >= 15 is 0 Å². The van der Waals surface area contributed by atoms with Gasteiger partial charge in [0.05, 0.1) is 32.6 Å². The average molecular weight is 591 g/mol. The van der Waals surface area contributed by atoms with Crippen LogP contribution in [-0.2, 0) is 4.79 Å². The number of hydrogen-bond donors (Lipinski definition) is 2. The van der Waals surface area contributed by atoms with E-state index in [2.05, 4.69) is 26.7 Å². The molecule has 174 valence electrons. The van der Waals surface area contributed by atoms with Crippen LogP contribution in [-0.4, -0.2) is 34.5 Å². The molecule has 0 unspecified atom stereocenters. The lowest BCUT2D eigenvalue weighted by molar-refractivity contribution is -0.123. The number of hydrazine groups is 1. The van der Waals surface area contributed by atoms with Gasteiger partial charge >= 0.3 is 6.03 Å². The molecule has 2 aromatic rings. The van der Waals surface area contributed by atoms with Crippen molar-refractivity contribution in [3.63, 3.8) is 0 Å². The number of halogens is 3. The van der Waals surface area contributed by atoms with Crippen LogP contribution in [0.5, 0.6) is 11.5 Å². The highest BCUT2D eigenvalue weighted by Crippen LogP contribution is 2.39. The summed E-state index contributed by atoms with van der Waals surface area (Å²) in [6.45, 7) is 4.69. The molecule has 33 heavy (non-hydrogen) atoms. The Labute approximate surface area is 218 Å². The van der Waals surface area contributed by atoms with Crippen molar-refractivity contribution in [3.05, 3.63) is 55.3 Å². The normalized spacial score (nSPS) is 14.6. The minimum absolute atomic E-state index is 0.186. The number of carbonyl (C=O) groups is 2. The number of rotatable bonds is 7. The van der Waals surface area contributed by atoms with E-state index in [0.29, 0.717) is 50.4 Å². The first kappa shape index (κ1) is 25.6. The summed E-state index contributed by atoms with van der Waals surface area (Å²) in [7, 11) is 0. The van der Waals surface area contributed by atoms with E-state index < -0.39 is 11.9 Å². The van der Waals surface area contributed by atoms with Gasteiger partial charge in [-0.15, -0.1) is 0 Å². The molecule has 12 heteroatoms. The first-order valence-electron chi connectivity index (χ1n) is 9.63. The van der Waals surface area contributed by atoms with Crippen LogP contribution in [0.15, 0.2) is 39.7 Å². The number of anilines is 1. The van der Waals surface area contributed by atoms with Crippen LogP contribution in [0.3, 0.4) is 0 Å². The minimum Gasteiger partial charge on any atom is -0.490 e. The van der Waals surface area contributed by atoms with Crippen LogP contribution < -0.4 is 20.2 Å². The molecule has 2 N–H and O–H groups in total. The Balaban J connectivity index is 1.76. The van der Waals surface area contributed by atoms with Crippen molar-refractivity contribution < 1.29 is 19.1 Å². The Morgan fingerprint density at radius 3 is 2.58 bits per heavy atom. The lowest BCUT2D eigenvalue weighted by Crippen LogP contribution is -2.46. The highest BCUT2D eigenvalue weighted by atomic mass is 79.9. The molecule has 1 saturated heterocycles. The lowest BCUT2D eigenvalue weighted by Gasteiger charge is -2.16. The highest BCUT2D eigenvalue weighted by Gasteiger charge is 2.33. The number of nitrogens with one attached hydrogen (secondary N) is 2. The summed E-state index contributed by atoms with van der Waals surface area (Å²) >= 11 is 21.7. The molecule has 0 bridgehead atoms. The zero-order chi connectivity index (χ0) is 24.1. The molecule has 7 nitrogen and oxygen atoms in total. The van der Waals surface area contributed by atoms with Gasteiger partial charge in [0.15, 0.2) is 15.8 Å². The van der Waals surface area contributed by atoms with Gasteiger partial charge in [0.25, 0.3) is 5.91 Å². The molecule has 3 rings (SSSR count). The quantitative estimate of drug-likeness (QED) is 0.283. The number of amides is 3. The maximum Gasteiger partial charge on any atom is 0.338 e. The number of thioether (sulfide) groups is 1. The van der Waals surface area contributed by atoms with Gasteiger partial charge in [0.1, 0.15) is 0 Å². The monoisotopic (exact) mass is 589 g/mol. The largest absolute Gasteiger partial charge is 0.490 e. The molecule has 1 heterocycles. The summed E-state index contributed by atoms with van der Waals surface area (Å²) in [5.74, 6) is 0.677. The zero-order valence-electron chi connectivity index (χ0n) is 17.4. The van der Waals surface area contributed by atoms with Crippen molar-refractivity contribution in [2.24, 2.45) is 0 Å². The number of hydrogen-bond acceptors (Lipinski definition) is 6. The van der Waals surface area contributed by atoms with Crippen LogP contribution in [0.1, 0.15) is 19.4 Å². The summed E-state index contributed by atoms with van der Waals surface area (Å²) in [4.78, 5) is 25.6. The summed E-state index contributed by atoms with van der Waals surface area (Å²) in [6, 6.07) is 7.55. The van der Waals surface area contributed by atoms with E-state index in [-0.39, 0.29) is 9.34 Å². The number of carbonyl (C=O) groups excluding carboxylic acids is 2. The first-order valence-corrected chi connectivity index (χ1v) is 12.4. The average Bonchev–Trinajstić information content (AvgIpc) is 3.01. The van der Waals surface area contributed by atoms with Gasteiger partial charge in [-0.25, -0.2) is 10.2 Å². The van der Waals surface area contributed by atoms with E-state index in [1.807, 2.05) is 19.9 Å². The number of nitrogens with zero attached hydrogens (tertiary/aromatic N) is 1. The lowest BCUT2D eigenvalue weighted by atomic mass is 10.2. The van der Waals surface area contributed by atoms with Crippen molar-refractivity contribution in [2.75, 3.05) is 18.5 Å². The number of urea groups is 1. The van der Waals surface area contributed by atoms with Gasteiger partial charge in [-0.3, -0.25) is 4.79 Å². The molecule has 1 aliphatic heterocycles. The van der Waals surface area contributed by atoms with E-state index in [4.69, 9.17) is 44.9 Å². The Hall–Kier alpha value is -1.98. The standard InChI is InChI=1S/C21H18BrCl2N3O4S2/c1-3-30-16-8-11(7-13(22)18(16)31-4-2)9-17-19(28)27(21(32)33-17)26-20(29)25-12-5-6-14(23)15(24)10-12/h5-10H,3-4H2,1-2H3,(H2,25,26,29)/b17-9+. The predicted octanol–water partition coefficient (Wildman–Crippen LogP) is 6.49. The molecule has 1 aliphatic rings. The van der Waals surface area contributed by atoms with Crippen LogP contribution >= 0.6 is 63.1 Å². The van der Waals surface area contributed by atoms with Gasteiger partial charge in [0, 0.05) is 5.69 Å². The second-order valence-electron chi connectivity index (χ2n) is 6.41. The molecule has 1 fully saturated rings. The molecule has 0 aliphatic carbocycles. The highest BCUT2D eigenvalue weighted by molar-refractivity contribution is 9.10. The third-order valence-corrected chi connectivity index (χ3v) is 6.73. The Kier molecular flexibility index (Phi) is 8.88. The van der Waals surface area contributed by atoms with E-state index in [1.54, 1.807) is 24.3 Å². The molecule has 0 aromatic heterocycles. The molecule has 2 aromatic carbocycles. The summed E-state index contributed by atoms with van der Waals surface area (Å²) in [5, 5.41) is 4.23. The molecule has 0 atom stereocenters. The molecular weight excluding hydrogens is 573 g/mol. The molecule has 3 amide bonds. The third kappa shape index (κ3) is 6.33. The van der Waals surface area contributed by atoms with Crippen molar-refractivity contribution >= 4 is 91.1 Å². The van der Waals surface area contributed by atoms with Crippen molar-refractivity contribution in [1.29, 1.82) is 0 Å². The smallest absolute Gasteiger partial charge is 0.338 e. The fraction of sp³-hybridized carbons (Fsp3) is 0.190. The second-order valence-corrected chi connectivity index (χ2v) is 9.75. The maximum atomic E-state index is 12.9. The molecular formula is C21H18BrCl2N3O4S2. The Morgan fingerprint density at radius 2 is 1.91 bits per heavy atom. The maximum absolute atomic E-state index is 12.9. The van der Waals surface area contributed by atoms with Crippen molar-refractivity contribution in [1.82, 2.24) is 10.4 Å². The molecule has 0 radical (unpaired) electrons. The van der Waals surface area contributed by atoms with E-state index in [1.165, 1.54) is 6.07 Å². The van der Waals surface area contributed by atoms with Gasteiger partial charge in [-0.1, -0.05) is 35.0 Å². The Bertz CT molecular complexity index is 1150. The van der Waals surface area contributed by atoms with Gasteiger partial charge in [0.2, 0.25) is 0 Å². The van der Waals surface area contributed by atoms with Crippen molar-refractivity contribution in [3.8, 4) is 11.5 Å². The molecule has 0 spiro atoms. The van der Waals surface area contributed by atoms with E-state index in [9.17, 15) is 9.59 Å². The van der Waals surface area contributed by atoms with Crippen LogP contribution in [0, 0.1) is 0 Å². The number of benzene rings is 2. The van der Waals surface area contributed by atoms with Crippen molar-refractivity contribution in [2.45, 2.75) is 13.8 Å². The fourth-order valence-corrected chi connectivity index (χ4v) is 4.82. The van der Waals surface area contributed by atoms with Crippen LogP contribution in [0.25, 0.3) is 6.08 Å². The summed E-state index contributed by atoms with van der Waals surface area (Å²) < 4.78 is 12.2. The van der Waals surface area contributed by atoms with E-state index in [0.717, 1.165) is 16.8 Å². The van der Waals surface area contributed by atoms with Gasteiger partial charge in [-0.05, 0) is 84.0 Å². The Morgan fingerprint density at radius 1 is 1.18 bits per heavy atom. The fourth-order valence-electron chi connectivity index (χ4n) is 2.77. The second kappa shape index (κ2) is 11.4. The first-order chi connectivity index (χ1) is 15.7. The zero-order valence-corrected chi connectivity index (χ0v) is 22.1. The van der Waals surface area contributed by atoms with Crippen LogP contribution in [0.4, 0.5) is 10.5 Å².